The van der Waals surface area contributed by atoms with Gasteiger partial charge >= 0.3 is 0 Å². The quantitative estimate of drug-likeness (QED) is 0.429. The van der Waals surface area contributed by atoms with Crippen LogP contribution in [0.2, 0.25) is 10.0 Å². The number of hydrazone groups is 1. The number of aromatic nitrogens is 2. The van der Waals surface area contributed by atoms with E-state index in [0.717, 1.165) is 10.0 Å². The molecule has 138 valence electrons. The first-order valence-electron chi connectivity index (χ1n) is 7.71. The van der Waals surface area contributed by atoms with Crippen molar-refractivity contribution in [2.24, 2.45) is 5.10 Å². The number of halogens is 3. The Kier molecular flexibility index (Phi) is 6.15. The zero-order chi connectivity index (χ0) is 19.4. The van der Waals surface area contributed by atoms with Gasteiger partial charge in [0.25, 0.3) is 5.91 Å². The molecule has 0 spiro atoms. The number of benzene rings is 2. The normalized spacial score (nSPS) is 11.1. The van der Waals surface area contributed by atoms with Crippen LogP contribution in [-0.4, -0.2) is 27.0 Å². The minimum atomic E-state index is -0.478. The highest BCUT2D eigenvalue weighted by molar-refractivity contribution is 9.10. The Balaban J connectivity index is 1.63. The second kappa shape index (κ2) is 8.56. The van der Waals surface area contributed by atoms with Crippen LogP contribution in [0.3, 0.4) is 0 Å². The predicted molar refractivity (Wildman–Crippen MR) is 109 cm³/mol. The van der Waals surface area contributed by atoms with Gasteiger partial charge in [0.2, 0.25) is 0 Å². The zero-order valence-corrected chi connectivity index (χ0v) is 16.8. The van der Waals surface area contributed by atoms with E-state index in [2.05, 4.69) is 31.6 Å². The van der Waals surface area contributed by atoms with E-state index < -0.39 is 5.91 Å². The number of hydrogen-bond donors (Lipinski definition) is 2. The third kappa shape index (κ3) is 5.09. The summed E-state index contributed by atoms with van der Waals surface area (Å²) in [7, 11) is 0. The molecule has 0 aliphatic heterocycles. The number of amides is 1. The third-order valence-electron chi connectivity index (χ3n) is 3.56. The smallest absolute Gasteiger partial charge is 0.291 e. The Bertz CT molecular complexity index is 1000. The molecule has 0 saturated heterocycles. The number of carbonyl (C=O) groups excluding carboxylic acids is 1. The van der Waals surface area contributed by atoms with Gasteiger partial charge in [-0.15, -0.1) is 0 Å². The van der Waals surface area contributed by atoms with E-state index in [-0.39, 0.29) is 22.0 Å². The molecule has 3 rings (SSSR count). The Morgan fingerprint density at radius 1 is 1.26 bits per heavy atom. The Morgan fingerprint density at radius 3 is 2.74 bits per heavy atom. The van der Waals surface area contributed by atoms with Crippen LogP contribution in [-0.2, 0) is 6.54 Å². The molecule has 1 heterocycles. The molecule has 3 aromatic rings. The Hall–Kier alpha value is -2.35. The average molecular weight is 468 g/mol. The van der Waals surface area contributed by atoms with Crippen molar-refractivity contribution in [1.29, 1.82) is 0 Å². The van der Waals surface area contributed by atoms with E-state index in [4.69, 9.17) is 23.2 Å². The van der Waals surface area contributed by atoms with Gasteiger partial charge in [-0.25, -0.2) is 5.43 Å². The molecule has 0 radical (unpaired) electrons. The van der Waals surface area contributed by atoms with Gasteiger partial charge in [-0.2, -0.15) is 10.2 Å². The fraction of sp³-hybridized carbons (Fsp3) is 0.0556. The summed E-state index contributed by atoms with van der Waals surface area (Å²) in [5.41, 5.74) is 3.91. The van der Waals surface area contributed by atoms with E-state index in [1.165, 1.54) is 18.3 Å². The Labute approximate surface area is 173 Å². The van der Waals surface area contributed by atoms with Gasteiger partial charge in [0.15, 0.2) is 5.69 Å². The van der Waals surface area contributed by atoms with Crippen molar-refractivity contribution in [1.82, 2.24) is 15.2 Å². The minimum Gasteiger partial charge on any atom is -0.506 e. The van der Waals surface area contributed by atoms with Crippen LogP contribution in [0.5, 0.6) is 5.75 Å². The van der Waals surface area contributed by atoms with Gasteiger partial charge in [0.1, 0.15) is 5.75 Å². The van der Waals surface area contributed by atoms with Crippen LogP contribution in [0.4, 0.5) is 0 Å². The van der Waals surface area contributed by atoms with Gasteiger partial charge in [-0.3, -0.25) is 9.48 Å². The summed E-state index contributed by atoms with van der Waals surface area (Å²) in [5.74, 6) is -0.647. The predicted octanol–water partition coefficient (Wildman–Crippen LogP) is 4.47. The van der Waals surface area contributed by atoms with Gasteiger partial charge in [0, 0.05) is 21.3 Å². The molecule has 27 heavy (non-hydrogen) atoms. The lowest BCUT2D eigenvalue weighted by atomic mass is 10.2. The number of aromatic hydroxyl groups is 1. The average Bonchev–Trinajstić information content (AvgIpc) is 3.09. The number of hydrogen-bond acceptors (Lipinski definition) is 4. The second-order valence-corrected chi connectivity index (χ2v) is 7.31. The van der Waals surface area contributed by atoms with E-state index >= 15 is 0 Å². The number of phenolic OH excluding ortho intramolecular Hbond substituents is 1. The van der Waals surface area contributed by atoms with Crippen LogP contribution in [0.25, 0.3) is 0 Å². The summed E-state index contributed by atoms with van der Waals surface area (Å²) in [6, 6.07) is 12.3. The maximum atomic E-state index is 12.1. The van der Waals surface area contributed by atoms with Crippen LogP contribution in [0.1, 0.15) is 21.6 Å². The zero-order valence-electron chi connectivity index (χ0n) is 13.7. The number of carbonyl (C=O) groups is 1. The fourth-order valence-electron chi connectivity index (χ4n) is 2.25. The first-order chi connectivity index (χ1) is 12.9. The molecule has 2 aromatic carbocycles. The summed E-state index contributed by atoms with van der Waals surface area (Å²) >= 11 is 15.1. The number of nitrogens with one attached hydrogen (secondary N) is 1. The van der Waals surface area contributed by atoms with Crippen molar-refractivity contribution >= 4 is 51.3 Å². The number of phenols is 1. The molecular weight excluding hydrogens is 455 g/mol. The van der Waals surface area contributed by atoms with Gasteiger partial charge in [-0.05, 0) is 35.9 Å². The molecule has 0 unspecified atom stereocenters. The lowest BCUT2D eigenvalue weighted by molar-refractivity contribution is 0.0949. The van der Waals surface area contributed by atoms with E-state index in [1.54, 1.807) is 16.9 Å². The van der Waals surface area contributed by atoms with Crippen molar-refractivity contribution in [2.45, 2.75) is 6.54 Å². The highest BCUT2D eigenvalue weighted by Gasteiger charge is 2.10. The third-order valence-corrected chi connectivity index (χ3v) is 4.59. The molecule has 2 N–H and O–H groups in total. The summed E-state index contributed by atoms with van der Waals surface area (Å²) < 4.78 is 2.65. The van der Waals surface area contributed by atoms with Crippen molar-refractivity contribution in [3.63, 3.8) is 0 Å². The van der Waals surface area contributed by atoms with Gasteiger partial charge < -0.3 is 5.11 Å². The van der Waals surface area contributed by atoms with Gasteiger partial charge in [0.05, 0.1) is 17.8 Å². The van der Waals surface area contributed by atoms with Crippen molar-refractivity contribution in [2.75, 3.05) is 0 Å². The van der Waals surface area contributed by atoms with Crippen LogP contribution in [0.15, 0.2) is 58.2 Å². The first-order valence-corrected chi connectivity index (χ1v) is 9.26. The molecule has 1 aromatic heterocycles. The molecule has 0 fully saturated rings. The molecule has 9 heteroatoms. The van der Waals surface area contributed by atoms with E-state index in [9.17, 15) is 9.90 Å². The molecular formula is C18H13BrCl2N4O2. The standard InChI is InChI=1S/C18H13BrCl2N4O2/c19-13-3-1-11(2-4-13)10-25-6-5-16(24-25)18(27)23-22-9-12-7-14(20)8-15(21)17(12)26/h1-9,26H,10H2,(H,23,27). The van der Waals surface area contributed by atoms with Crippen LogP contribution < -0.4 is 5.43 Å². The maximum absolute atomic E-state index is 12.1. The molecule has 0 aliphatic rings. The van der Waals surface area contributed by atoms with Crippen molar-refractivity contribution in [3.05, 3.63) is 80.0 Å². The second-order valence-electron chi connectivity index (χ2n) is 5.55. The van der Waals surface area contributed by atoms with Crippen molar-refractivity contribution < 1.29 is 9.90 Å². The first kappa shape index (κ1) is 19.4. The van der Waals surface area contributed by atoms with Crippen LogP contribution in [0, 0.1) is 0 Å². The SMILES string of the molecule is O=C(NN=Cc1cc(Cl)cc(Cl)c1O)c1ccn(Cc2ccc(Br)cc2)n1. The topological polar surface area (TPSA) is 79.5 Å². The highest BCUT2D eigenvalue weighted by atomic mass is 79.9. The lowest BCUT2D eigenvalue weighted by Gasteiger charge is -2.03. The molecule has 0 atom stereocenters. The maximum Gasteiger partial charge on any atom is 0.291 e. The van der Waals surface area contributed by atoms with E-state index in [1.807, 2.05) is 24.3 Å². The molecule has 0 aliphatic carbocycles. The molecule has 1 amide bonds. The lowest BCUT2D eigenvalue weighted by Crippen LogP contribution is -2.18. The number of rotatable bonds is 5. The van der Waals surface area contributed by atoms with Crippen molar-refractivity contribution in [3.8, 4) is 5.75 Å². The number of nitrogens with zero attached hydrogens (tertiary/aromatic N) is 3. The summed E-state index contributed by atoms with van der Waals surface area (Å²) in [5, 5.41) is 18.3. The minimum absolute atomic E-state index is 0.0990. The van der Waals surface area contributed by atoms with Gasteiger partial charge in [-0.1, -0.05) is 51.3 Å². The molecule has 0 saturated carbocycles. The monoisotopic (exact) mass is 466 g/mol. The molecule has 0 bridgehead atoms. The summed E-state index contributed by atoms with van der Waals surface area (Å²) in [6.07, 6.45) is 2.97. The highest BCUT2D eigenvalue weighted by Crippen LogP contribution is 2.29. The Morgan fingerprint density at radius 2 is 2.00 bits per heavy atom. The van der Waals surface area contributed by atoms with Crippen LogP contribution >= 0.6 is 39.1 Å². The summed E-state index contributed by atoms with van der Waals surface area (Å²) in [6.45, 7) is 0.540. The fourth-order valence-corrected chi connectivity index (χ4v) is 3.02. The van der Waals surface area contributed by atoms with E-state index in [0.29, 0.717) is 11.6 Å². The largest absolute Gasteiger partial charge is 0.506 e. The molecule has 6 nitrogen and oxygen atoms in total. The summed E-state index contributed by atoms with van der Waals surface area (Å²) in [4.78, 5) is 12.1.